The van der Waals surface area contributed by atoms with E-state index in [1.54, 1.807) is 18.2 Å². The van der Waals surface area contributed by atoms with E-state index in [1.807, 2.05) is 6.92 Å². The Morgan fingerprint density at radius 3 is 2.88 bits per heavy atom. The third-order valence-electron chi connectivity index (χ3n) is 2.32. The normalized spacial score (nSPS) is 12.2. The molecule has 1 atom stereocenters. The Morgan fingerprint density at radius 1 is 1.62 bits per heavy atom. The Morgan fingerprint density at radius 2 is 2.31 bits per heavy atom. The van der Waals surface area contributed by atoms with E-state index in [1.165, 1.54) is 0 Å². The topological polar surface area (TPSA) is 75.3 Å². The predicted octanol–water partition coefficient (Wildman–Crippen LogP) is 1.42. The van der Waals surface area contributed by atoms with Gasteiger partial charge in [-0.25, -0.2) is 0 Å². The number of carbonyl (C=O) groups is 1. The third kappa shape index (κ3) is 2.87. The highest BCUT2D eigenvalue weighted by Crippen LogP contribution is 2.22. The van der Waals surface area contributed by atoms with Gasteiger partial charge in [0.2, 0.25) is 0 Å². The van der Waals surface area contributed by atoms with E-state index in [0.29, 0.717) is 17.7 Å². The maximum atomic E-state index is 11.8. The van der Waals surface area contributed by atoms with Crippen LogP contribution in [0.3, 0.4) is 0 Å². The minimum Gasteiger partial charge on any atom is -0.398 e. The maximum Gasteiger partial charge on any atom is 0.253 e. The fraction of sp³-hybridized carbons (Fsp3) is 0.364. The van der Waals surface area contributed by atoms with Crippen molar-refractivity contribution in [2.75, 3.05) is 12.3 Å². The van der Waals surface area contributed by atoms with Crippen LogP contribution >= 0.6 is 11.6 Å². The Bertz CT molecular complexity index is 378. The second-order valence-electron chi connectivity index (χ2n) is 3.47. The van der Waals surface area contributed by atoms with Gasteiger partial charge in [-0.05, 0) is 18.6 Å². The minimum atomic E-state index is -0.321. The van der Waals surface area contributed by atoms with Crippen LogP contribution < -0.4 is 11.1 Å². The first-order chi connectivity index (χ1) is 7.60. The quantitative estimate of drug-likeness (QED) is 0.699. The van der Waals surface area contributed by atoms with E-state index >= 15 is 0 Å². The number of anilines is 1. The summed E-state index contributed by atoms with van der Waals surface area (Å²) in [6.45, 7) is 1.78. The van der Waals surface area contributed by atoms with Gasteiger partial charge < -0.3 is 16.2 Å². The summed E-state index contributed by atoms with van der Waals surface area (Å²) in [5.74, 6) is -0.321. The first kappa shape index (κ1) is 12.8. The van der Waals surface area contributed by atoms with Crippen molar-refractivity contribution in [2.24, 2.45) is 0 Å². The molecule has 0 saturated carbocycles. The van der Waals surface area contributed by atoms with Gasteiger partial charge in [-0.15, -0.1) is 0 Å². The number of nitrogen functional groups attached to an aromatic ring is 1. The molecule has 0 aliphatic heterocycles. The molecule has 0 aliphatic rings. The van der Waals surface area contributed by atoms with Gasteiger partial charge >= 0.3 is 0 Å². The predicted molar refractivity (Wildman–Crippen MR) is 64.5 cm³/mol. The molecule has 0 spiro atoms. The van der Waals surface area contributed by atoms with Crippen molar-refractivity contribution in [3.8, 4) is 0 Å². The molecule has 0 aliphatic carbocycles. The molecule has 4 nitrogen and oxygen atoms in total. The van der Waals surface area contributed by atoms with Crippen molar-refractivity contribution in [3.05, 3.63) is 28.8 Å². The number of hydrogen-bond donors (Lipinski definition) is 3. The van der Waals surface area contributed by atoms with Crippen molar-refractivity contribution in [1.29, 1.82) is 0 Å². The smallest absolute Gasteiger partial charge is 0.253 e. The molecule has 0 fully saturated rings. The first-order valence-corrected chi connectivity index (χ1v) is 5.43. The molecule has 0 heterocycles. The van der Waals surface area contributed by atoms with Crippen LogP contribution in [0.25, 0.3) is 0 Å². The van der Waals surface area contributed by atoms with Crippen molar-refractivity contribution in [3.63, 3.8) is 0 Å². The highest BCUT2D eigenvalue weighted by Gasteiger charge is 2.15. The second-order valence-corrected chi connectivity index (χ2v) is 3.85. The molecule has 0 bridgehead atoms. The molecule has 16 heavy (non-hydrogen) atoms. The molecule has 1 amide bonds. The van der Waals surface area contributed by atoms with Gasteiger partial charge in [0, 0.05) is 0 Å². The van der Waals surface area contributed by atoms with Crippen molar-refractivity contribution in [1.82, 2.24) is 5.32 Å². The lowest BCUT2D eigenvalue weighted by atomic mass is 10.1. The van der Waals surface area contributed by atoms with Crippen molar-refractivity contribution < 1.29 is 9.90 Å². The van der Waals surface area contributed by atoms with E-state index in [4.69, 9.17) is 22.4 Å². The van der Waals surface area contributed by atoms with E-state index in [0.717, 1.165) is 0 Å². The third-order valence-corrected chi connectivity index (χ3v) is 2.74. The fourth-order valence-electron chi connectivity index (χ4n) is 1.27. The number of aliphatic hydroxyl groups is 1. The summed E-state index contributed by atoms with van der Waals surface area (Å²) in [4.78, 5) is 11.8. The van der Waals surface area contributed by atoms with Crippen LogP contribution in [0, 0.1) is 0 Å². The summed E-state index contributed by atoms with van der Waals surface area (Å²) in [6.07, 6.45) is 0.655. The summed E-state index contributed by atoms with van der Waals surface area (Å²) in [5, 5.41) is 11.9. The molecule has 0 aromatic heterocycles. The summed E-state index contributed by atoms with van der Waals surface area (Å²) >= 11 is 5.91. The minimum absolute atomic E-state index is 0.0951. The first-order valence-electron chi connectivity index (χ1n) is 5.05. The largest absolute Gasteiger partial charge is 0.398 e. The van der Waals surface area contributed by atoms with Crippen molar-refractivity contribution in [2.45, 2.75) is 19.4 Å². The number of hydrogen-bond acceptors (Lipinski definition) is 3. The zero-order valence-corrected chi connectivity index (χ0v) is 9.79. The highest BCUT2D eigenvalue weighted by atomic mass is 35.5. The number of nitrogens with one attached hydrogen (secondary N) is 1. The van der Waals surface area contributed by atoms with Gasteiger partial charge in [-0.2, -0.15) is 0 Å². The van der Waals surface area contributed by atoms with Gasteiger partial charge in [0.25, 0.3) is 5.91 Å². The molecule has 0 radical (unpaired) electrons. The monoisotopic (exact) mass is 242 g/mol. The Balaban J connectivity index is 2.84. The lowest BCUT2D eigenvalue weighted by Crippen LogP contribution is -2.37. The maximum absolute atomic E-state index is 11.8. The lowest BCUT2D eigenvalue weighted by Gasteiger charge is -2.14. The molecule has 88 valence electrons. The molecule has 4 N–H and O–H groups in total. The fourth-order valence-corrected chi connectivity index (χ4v) is 1.48. The van der Waals surface area contributed by atoms with E-state index in [9.17, 15) is 4.79 Å². The van der Waals surface area contributed by atoms with Crippen LogP contribution in [0.5, 0.6) is 0 Å². The Labute approximate surface area is 99.4 Å². The van der Waals surface area contributed by atoms with Gasteiger partial charge in [-0.1, -0.05) is 24.6 Å². The van der Waals surface area contributed by atoms with Gasteiger partial charge in [-0.3, -0.25) is 4.79 Å². The molecular formula is C11H15ClN2O2. The summed E-state index contributed by atoms with van der Waals surface area (Å²) in [6, 6.07) is 4.63. The van der Waals surface area contributed by atoms with E-state index in [-0.39, 0.29) is 23.6 Å². The van der Waals surface area contributed by atoms with Crippen LogP contribution in [-0.2, 0) is 0 Å². The number of aliphatic hydroxyl groups excluding tert-OH is 1. The van der Waals surface area contributed by atoms with Gasteiger partial charge in [0.05, 0.1) is 28.9 Å². The number of amides is 1. The molecule has 0 unspecified atom stereocenters. The average Bonchev–Trinajstić information content (AvgIpc) is 2.29. The zero-order chi connectivity index (χ0) is 12.1. The van der Waals surface area contributed by atoms with Crippen molar-refractivity contribution >= 4 is 23.2 Å². The molecule has 5 heteroatoms. The van der Waals surface area contributed by atoms with Crippen LogP contribution in [0.15, 0.2) is 18.2 Å². The summed E-state index contributed by atoms with van der Waals surface area (Å²) < 4.78 is 0. The summed E-state index contributed by atoms with van der Waals surface area (Å²) in [7, 11) is 0. The van der Waals surface area contributed by atoms with Crippen LogP contribution in [-0.4, -0.2) is 23.7 Å². The van der Waals surface area contributed by atoms with Crippen LogP contribution in [0.4, 0.5) is 5.69 Å². The molecule has 1 aromatic rings. The number of halogens is 1. The van der Waals surface area contributed by atoms with Crippen LogP contribution in [0.2, 0.25) is 5.02 Å². The lowest BCUT2D eigenvalue weighted by molar-refractivity contribution is 0.0915. The van der Waals surface area contributed by atoms with E-state index < -0.39 is 0 Å². The second kappa shape index (κ2) is 5.72. The zero-order valence-electron chi connectivity index (χ0n) is 9.03. The average molecular weight is 243 g/mol. The van der Waals surface area contributed by atoms with Gasteiger partial charge in [0.15, 0.2) is 0 Å². The number of carbonyl (C=O) groups excluding carboxylic acids is 1. The van der Waals surface area contributed by atoms with E-state index in [2.05, 4.69) is 5.32 Å². The summed E-state index contributed by atoms with van der Waals surface area (Å²) in [5.41, 5.74) is 6.29. The number of rotatable bonds is 4. The highest BCUT2D eigenvalue weighted by molar-refractivity contribution is 6.36. The van der Waals surface area contributed by atoms with Crippen LogP contribution in [0.1, 0.15) is 23.7 Å². The number of nitrogens with two attached hydrogens (primary N) is 1. The Kier molecular flexibility index (Phi) is 4.58. The Hall–Kier alpha value is -1.26. The molecular weight excluding hydrogens is 228 g/mol. The number of benzene rings is 1. The molecule has 1 aromatic carbocycles. The SMILES string of the molecule is CC[C@@H](CO)NC(=O)c1cccc(N)c1Cl. The molecule has 0 saturated heterocycles. The molecule has 1 rings (SSSR count). The standard InChI is InChI=1S/C11H15ClN2O2/c1-2-7(6-15)14-11(16)8-4-3-5-9(13)10(8)12/h3-5,7,15H,2,6,13H2,1H3,(H,14,16)/t7-/m0/s1. The van der Waals surface area contributed by atoms with Gasteiger partial charge in [0.1, 0.15) is 0 Å².